The Morgan fingerprint density at radius 3 is 2.48 bits per heavy atom. The molecular weight excluding hydrogens is 296 g/mol. The molecular formula is C14H15ClN2O4. The number of primary amides is 1. The number of carbonyl (C=O) groups is 3. The molecule has 0 spiro atoms. The van der Waals surface area contributed by atoms with E-state index in [1.54, 1.807) is 6.07 Å². The number of amides is 2. The van der Waals surface area contributed by atoms with Crippen LogP contribution in [0.2, 0.25) is 5.02 Å². The quantitative estimate of drug-likeness (QED) is 0.788. The van der Waals surface area contributed by atoms with E-state index >= 15 is 0 Å². The topological polar surface area (TPSA) is 109 Å². The third-order valence-electron chi connectivity index (χ3n) is 3.65. The number of halogens is 1. The predicted octanol–water partition coefficient (Wildman–Crippen LogP) is 1.88. The van der Waals surface area contributed by atoms with E-state index in [0.717, 1.165) is 0 Å². The molecule has 0 heterocycles. The maximum absolute atomic E-state index is 12.1. The number of nitrogens with two attached hydrogens (primary N) is 1. The second-order valence-electron chi connectivity index (χ2n) is 5.09. The van der Waals surface area contributed by atoms with Crippen LogP contribution >= 0.6 is 11.6 Å². The minimum absolute atomic E-state index is 0.129. The molecule has 7 heteroatoms. The van der Waals surface area contributed by atoms with Crippen LogP contribution in [-0.2, 0) is 9.59 Å². The molecule has 1 aliphatic carbocycles. The smallest absolute Gasteiger partial charge is 0.306 e. The highest BCUT2D eigenvalue weighted by Gasteiger charge is 2.33. The molecule has 2 atom stereocenters. The Morgan fingerprint density at radius 1 is 1.24 bits per heavy atom. The second-order valence-corrected chi connectivity index (χ2v) is 5.50. The first-order valence-corrected chi connectivity index (χ1v) is 6.89. The SMILES string of the molecule is NC(=O)c1cc(NC(=O)C2CCC(C(=O)O)C2)ccc1Cl. The number of hydrogen-bond acceptors (Lipinski definition) is 3. The molecule has 112 valence electrons. The van der Waals surface area contributed by atoms with Crippen LogP contribution in [0.4, 0.5) is 5.69 Å². The number of carboxylic acid groups (broad SMARTS) is 1. The van der Waals surface area contributed by atoms with Gasteiger partial charge in [0.1, 0.15) is 0 Å². The van der Waals surface area contributed by atoms with Crippen LogP contribution in [0.1, 0.15) is 29.6 Å². The van der Waals surface area contributed by atoms with Gasteiger partial charge in [-0.15, -0.1) is 0 Å². The van der Waals surface area contributed by atoms with Crippen molar-refractivity contribution in [1.82, 2.24) is 0 Å². The molecule has 0 saturated heterocycles. The lowest BCUT2D eigenvalue weighted by molar-refractivity contribution is -0.141. The highest BCUT2D eigenvalue weighted by Crippen LogP contribution is 2.32. The summed E-state index contributed by atoms with van der Waals surface area (Å²) >= 11 is 5.83. The summed E-state index contributed by atoms with van der Waals surface area (Å²) in [5, 5.41) is 11.8. The normalized spacial score (nSPS) is 21.0. The van der Waals surface area contributed by atoms with Gasteiger partial charge >= 0.3 is 5.97 Å². The first kappa shape index (κ1) is 15.3. The molecule has 1 aromatic carbocycles. The maximum Gasteiger partial charge on any atom is 0.306 e. The minimum Gasteiger partial charge on any atom is -0.481 e. The fourth-order valence-corrected chi connectivity index (χ4v) is 2.69. The fourth-order valence-electron chi connectivity index (χ4n) is 2.48. The molecule has 2 unspecified atom stereocenters. The Morgan fingerprint density at radius 2 is 1.90 bits per heavy atom. The molecule has 1 fully saturated rings. The number of anilines is 1. The van der Waals surface area contributed by atoms with Crippen molar-refractivity contribution in [1.29, 1.82) is 0 Å². The van der Waals surface area contributed by atoms with Crippen molar-refractivity contribution in [3.8, 4) is 0 Å². The van der Waals surface area contributed by atoms with Gasteiger partial charge in [-0.3, -0.25) is 14.4 Å². The molecule has 2 amide bonds. The van der Waals surface area contributed by atoms with Crippen LogP contribution < -0.4 is 11.1 Å². The number of benzene rings is 1. The molecule has 1 aliphatic rings. The molecule has 4 N–H and O–H groups in total. The number of rotatable bonds is 4. The number of aliphatic carboxylic acids is 1. The first-order chi connectivity index (χ1) is 9.88. The summed E-state index contributed by atoms with van der Waals surface area (Å²) < 4.78 is 0. The van der Waals surface area contributed by atoms with Gasteiger partial charge in [-0.1, -0.05) is 11.6 Å². The van der Waals surface area contributed by atoms with E-state index in [2.05, 4.69) is 5.32 Å². The van der Waals surface area contributed by atoms with E-state index < -0.39 is 17.8 Å². The van der Waals surface area contributed by atoms with E-state index in [4.69, 9.17) is 22.4 Å². The molecule has 0 aliphatic heterocycles. The van der Waals surface area contributed by atoms with E-state index in [0.29, 0.717) is 24.9 Å². The van der Waals surface area contributed by atoms with Gasteiger partial charge in [0.2, 0.25) is 11.8 Å². The van der Waals surface area contributed by atoms with Crippen LogP contribution in [0.3, 0.4) is 0 Å². The lowest BCUT2D eigenvalue weighted by Gasteiger charge is -2.12. The van der Waals surface area contributed by atoms with Crippen molar-refractivity contribution in [3.63, 3.8) is 0 Å². The summed E-state index contributed by atoms with van der Waals surface area (Å²) in [7, 11) is 0. The molecule has 0 radical (unpaired) electrons. The molecule has 1 aromatic rings. The van der Waals surface area contributed by atoms with E-state index in [-0.39, 0.29) is 22.4 Å². The molecule has 6 nitrogen and oxygen atoms in total. The van der Waals surface area contributed by atoms with E-state index in [1.165, 1.54) is 12.1 Å². The van der Waals surface area contributed by atoms with Gasteiger partial charge in [-0.25, -0.2) is 0 Å². The van der Waals surface area contributed by atoms with Crippen LogP contribution in [0.5, 0.6) is 0 Å². The summed E-state index contributed by atoms with van der Waals surface area (Å²) in [5.41, 5.74) is 5.73. The van der Waals surface area contributed by atoms with Crippen molar-refractivity contribution in [3.05, 3.63) is 28.8 Å². The van der Waals surface area contributed by atoms with E-state index in [1.807, 2.05) is 0 Å². The van der Waals surface area contributed by atoms with Crippen LogP contribution in [0.15, 0.2) is 18.2 Å². The Balaban J connectivity index is 2.05. The lowest BCUT2D eigenvalue weighted by atomic mass is 10.0. The monoisotopic (exact) mass is 310 g/mol. The van der Waals surface area contributed by atoms with Gasteiger partial charge in [-0.2, -0.15) is 0 Å². The zero-order chi connectivity index (χ0) is 15.6. The standard InChI is InChI=1S/C14H15ClN2O4/c15-11-4-3-9(6-10(11)12(16)18)17-13(19)7-1-2-8(5-7)14(20)21/h3-4,6-8H,1-2,5H2,(H2,16,18)(H,17,19)(H,20,21). The van der Waals surface area contributed by atoms with Gasteiger partial charge in [0.15, 0.2) is 0 Å². The average molecular weight is 311 g/mol. The molecule has 21 heavy (non-hydrogen) atoms. The van der Waals surface area contributed by atoms with E-state index in [9.17, 15) is 14.4 Å². The Kier molecular flexibility index (Phi) is 4.47. The van der Waals surface area contributed by atoms with Crippen molar-refractivity contribution >= 4 is 35.1 Å². The van der Waals surface area contributed by atoms with Crippen LogP contribution in [-0.4, -0.2) is 22.9 Å². The summed E-state index contributed by atoms with van der Waals surface area (Å²) in [6, 6.07) is 4.45. The molecule has 0 bridgehead atoms. The van der Waals surface area contributed by atoms with Gasteiger partial charge in [-0.05, 0) is 37.5 Å². The van der Waals surface area contributed by atoms with Gasteiger partial charge in [0, 0.05) is 11.6 Å². The molecule has 2 rings (SSSR count). The summed E-state index contributed by atoms with van der Waals surface area (Å²) in [6.45, 7) is 0. The first-order valence-electron chi connectivity index (χ1n) is 6.51. The fraction of sp³-hybridized carbons (Fsp3) is 0.357. The third kappa shape index (κ3) is 3.52. The number of hydrogen-bond donors (Lipinski definition) is 3. The number of nitrogens with one attached hydrogen (secondary N) is 1. The minimum atomic E-state index is -0.868. The van der Waals surface area contributed by atoms with Crippen molar-refractivity contribution in [2.75, 3.05) is 5.32 Å². The van der Waals surface area contributed by atoms with Crippen molar-refractivity contribution in [2.24, 2.45) is 17.6 Å². The zero-order valence-electron chi connectivity index (χ0n) is 11.1. The van der Waals surface area contributed by atoms with Crippen molar-refractivity contribution < 1.29 is 19.5 Å². The highest BCUT2D eigenvalue weighted by atomic mass is 35.5. The summed E-state index contributed by atoms with van der Waals surface area (Å²) in [4.78, 5) is 34.2. The Hall–Kier alpha value is -2.08. The van der Waals surface area contributed by atoms with Gasteiger partial charge in [0.05, 0.1) is 16.5 Å². The second kappa shape index (κ2) is 6.13. The number of carbonyl (C=O) groups excluding carboxylic acids is 2. The lowest BCUT2D eigenvalue weighted by Crippen LogP contribution is -2.22. The Labute approximate surface area is 126 Å². The highest BCUT2D eigenvalue weighted by molar-refractivity contribution is 6.34. The Bertz CT molecular complexity index is 603. The largest absolute Gasteiger partial charge is 0.481 e. The summed E-state index contributed by atoms with van der Waals surface area (Å²) in [6.07, 6.45) is 1.37. The molecule has 0 aromatic heterocycles. The van der Waals surface area contributed by atoms with Crippen molar-refractivity contribution in [2.45, 2.75) is 19.3 Å². The van der Waals surface area contributed by atoms with Gasteiger partial charge in [0.25, 0.3) is 0 Å². The zero-order valence-corrected chi connectivity index (χ0v) is 11.9. The number of carboxylic acids is 1. The molecule has 1 saturated carbocycles. The summed E-state index contributed by atoms with van der Waals surface area (Å²) in [5.74, 6) is -2.60. The van der Waals surface area contributed by atoms with Crippen LogP contribution in [0, 0.1) is 11.8 Å². The van der Waals surface area contributed by atoms with Crippen LogP contribution in [0.25, 0.3) is 0 Å². The third-order valence-corrected chi connectivity index (χ3v) is 3.98. The maximum atomic E-state index is 12.1. The average Bonchev–Trinajstić information content (AvgIpc) is 2.90. The van der Waals surface area contributed by atoms with Gasteiger partial charge < -0.3 is 16.2 Å². The predicted molar refractivity (Wildman–Crippen MR) is 77.1 cm³/mol.